The van der Waals surface area contributed by atoms with Crippen molar-refractivity contribution in [2.45, 2.75) is 12.5 Å². The van der Waals surface area contributed by atoms with Crippen LogP contribution in [0, 0.1) is 0 Å². The molecular weight excluding hydrogens is 282 g/mol. The molecule has 2 amide bonds. The quantitative estimate of drug-likeness (QED) is 0.633. The van der Waals surface area contributed by atoms with E-state index in [9.17, 15) is 13.2 Å². The zero-order valence-corrected chi connectivity index (χ0v) is 12.2. The van der Waals surface area contributed by atoms with E-state index in [0.717, 1.165) is 13.0 Å². The summed E-state index contributed by atoms with van der Waals surface area (Å²) in [6.45, 7) is 4.43. The van der Waals surface area contributed by atoms with Crippen molar-refractivity contribution >= 4 is 16.2 Å². The molecule has 0 radical (unpaired) electrons. The van der Waals surface area contributed by atoms with Crippen molar-refractivity contribution in [1.29, 1.82) is 0 Å². The molecule has 3 rings (SSSR count). The molecule has 0 aromatic heterocycles. The maximum atomic E-state index is 12.7. The van der Waals surface area contributed by atoms with E-state index in [1.54, 1.807) is 9.21 Å². The van der Waals surface area contributed by atoms with Crippen molar-refractivity contribution in [3.05, 3.63) is 0 Å². The van der Waals surface area contributed by atoms with Crippen molar-refractivity contribution in [3.8, 4) is 0 Å². The van der Waals surface area contributed by atoms with Gasteiger partial charge in [-0.3, -0.25) is 0 Å². The number of amides is 2. The van der Waals surface area contributed by atoms with Crippen LogP contribution >= 0.6 is 0 Å². The van der Waals surface area contributed by atoms with Crippen LogP contribution in [0.15, 0.2) is 0 Å². The average Bonchev–Trinajstić information content (AvgIpc) is 2.67. The van der Waals surface area contributed by atoms with Gasteiger partial charge in [-0.1, -0.05) is 0 Å². The molecule has 3 saturated heterocycles. The molecule has 3 heterocycles. The lowest BCUT2D eigenvalue weighted by Gasteiger charge is -2.37. The number of hydrogen-bond acceptors (Lipinski definition) is 4. The number of nitrogens with one attached hydrogen (secondary N) is 2. The van der Waals surface area contributed by atoms with Gasteiger partial charge in [0.15, 0.2) is 0 Å². The Balaban J connectivity index is 1.70. The van der Waals surface area contributed by atoms with Crippen LogP contribution < -0.4 is 10.6 Å². The van der Waals surface area contributed by atoms with E-state index in [-0.39, 0.29) is 12.1 Å². The number of carbonyl (C=O) groups excluding carboxylic acids is 1. The molecule has 0 aromatic rings. The third kappa shape index (κ3) is 2.50. The number of urea groups is 1. The summed E-state index contributed by atoms with van der Waals surface area (Å²) in [4.78, 5) is 13.3. The number of hydrogen-bond donors (Lipinski definition) is 2. The molecular formula is C11H21N5O3S. The first-order chi connectivity index (χ1) is 9.59. The van der Waals surface area contributed by atoms with E-state index in [0.29, 0.717) is 45.8 Å². The van der Waals surface area contributed by atoms with E-state index in [4.69, 9.17) is 0 Å². The van der Waals surface area contributed by atoms with Crippen LogP contribution in [-0.2, 0) is 10.2 Å². The SMILES string of the molecule is O=C1NCC2CN(S(=O)(=O)N3CCCNCC3)CCN12. The Labute approximate surface area is 119 Å². The largest absolute Gasteiger partial charge is 0.336 e. The van der Waals surface area contributed by atoms with Crippen molar-refractivity contribution in [1.82, 2.24) is 24.1 Å². The number of carbonyl (C=O) groups is 1. The topological polar surface area (TPSA) is 85.0 Å². The second-order valence-corrected chi connectivity index (χ2v) is 7.33. The Morgan fingerprint density at radius 3 is 2.75 bits per heavy atom. The predicted molar refractivity (Wildman–Crippen MR) is 73.4 cm³/mol. The molecule has 0 aliphatic carbocycles. The summed E-state index contributed by atoms with van der Waals surface area (Å²) in [6.07, 6.45) is 0.836. The van der Waals surface area contributed by atoms with Gasteiger partial charge in [0.05, 0.1) is 6.04 Å². The van der Waals surface area contributed by atoms with Crippen LogP contribution in [0.1, 0.15) is 6.42 Å². The van der Waals surface area contributed by atoms with Crippen molar-refractivity contribution in [2.24, 2.45) is 0 Å². The van der Waals surface area contributed by atoms with Crippen LogP contribution in [0.2, 0.25) is 0 Å². The molecule has 3 aliphatic rings. The first kappa shape index (κ1) is 14.1. The maximum absolute atomic E-state index is 12.7. The number of piperazine rings is 1. The third-order valence-corrected chi connectivity index (χ3v) is 6.15. The van der Waals surface area contributed by atoms with Crippen LogP contribution in [-0.4, -0.2) is 86.4 Å². The summed E-state index contributed by atoms with van der Waals surface area (Å²) >= 11 is 0. The lowest BCUT2D eigenvalue weighted by Crippen LogP contribution is -2.57. The summed E-state index contributed by atoms with van der Waals surface area (Å²) in [5, 5.41) is 5.97. The third-order valence-electron chi connectivity index (χ3n) is 4.15. The van der Waals surface area contributed by atoms with E-state index in [1.807, 2.05) is 0 Å². The Kier molecular flexibility index (Phi) is 3.85. The first-order valence-corrected chi connectivity index (χ1v) is 8.49. The molecule has 1 atom stereocenters. The molecule has 114 valence electrons. The van der Waals surface area contributed by atoms with E-state index in [1.165, 1.54) is 4.31 Å². The molecule has 0 spiro atoms. The molecule has 3 aliphatic heterocycles. The Morgan fingerprint density at radius 2 is 1.90 bits per heavy atom. The summed E-state index contributed by atoms with van der Waals surface area (Å²) < 4.78 is 28.4. The standard InChI is InChI=1S/C11H21N5O3S/c17-11-13-8-10-9-15(6-7-16(10)11)20(18,19)14-4-1-2-12-3-5-14/h10,12H,1-9H2,(H,13,17). The summed E-state index contributed by atoms with van der Waals surface area (Å²) in [5.41, 5.74) is 0. The van der Waals surface area contributed by atoms with Crippen LogP contribution in [0.25, 0.3) is 0 Å². The highest BCUT2D eigenvalue weighted by Crippen LogP contribution is 2.19. The lowest BCUT2D eigenvalue weighted by molar-refractivity contribution is 0.160. The minimum absolute atomic E-state index is 0.0314. The van der Waals surface area contributed by atoms with Gasteiger partial charge in [0, 0.05) is 45.8 Å². The highest BCUT2D eigenvalue weighted by molar-refractivity contribution is 7.86. The van der Waals surface area contributed by atoms with Gasteiger partial charge in [-0.2, -0.15) is 17.0 Å². The van der Waals surface area contributed by atoms with Gasteiger partial charge >= 0.3 is 6.03 Å². The summed E-state index contributed by atoms with van der Waals surface area (Å²) in [5.74, 6) is 0. The van der Waals surface area contributed by atoms with Gasteiger partial charge in [0.25, 0.3) is 10.2 Å². The van der Waals surface area contributed by atoms with Gasteiger partial charge in [0.1, 0.15) is 0 Å². The van der Waals surface area contributed by atoms with E-state index >= 15 is 0 Å². The van der Waals surface area contributed by atoms with Gasteiger partial charge in [0.2, 0.25) is 0 Å². The fourth-order valence-electron chi connectivity index (χ4n) is 3.00. The van der Waals surface area contributed by atoms with Crippen molar-refractivity contribution < 1.29 is 13.2 Å². The molecule has 8 nitrogen and oxygen atoms in total. The van der Waals surface area contributed by atoms with Crippen molar-refractivity contribution in [3.63, 3.8) is 0 Å². The summed E-state index contributed by atoms with van der Waals surface area (Å²) in [7, 11) is -3.40. The zero-order chi connectivity index (χ0) is 14.2. The number of fused-ring (bicyclic) bond motifs is 1. The summed E-state index contributed by atoms with van der Waals surface area (Å²) in [6, 6.07) is -0.109. The van der Waals surface area contributed by atoms with Gasteiger partial charge in [-0.25, -0.2) is 4.79 Å². The highest BCUT2D eigenvalue weighted by Gasteiger charge is 2.41. The normalized spacial score (nSPS) is 29.9. The maximum Gasteiger partial charge on any atom is 0.317 e. The minimum atomic E-state index is -3.40. The molecule has 3 fully saturated rings. The zero-order valence-electron chi connectivity index (χ0n) is 11.4. The Morgan fingerprint density at radius 1 is 1.05 bits per heavy atom. The molecule has 0 saturated carbocycles. The molecule has 9 heteroatoms. The van der Waals surface area contributed by atoms with E-state index < -0.39 is 10.2 Å². The number of rotatable bonds is 2. The Bertz CT molecular complexity index is 474. The van der Waals surface area contributed by atoms with Crippen LogP contribution in [0.5, 0.6) is 0 Å². The van der Waals surface area contributed by atoms with Crippen LogP contribution in [0.3, 0.4) is 0 Å². The van der Waals surface area contributed by atoms with E-state index in [2.05, 4.69) is 10.6 Å². The smallest absolute Gasteiger partial charge is 0.317 e. The second-order valence-electron chi connectivity index (χ2n) is 5.40. The average molecular weight is 303 g/mol. The Hall–Kier alpha value is -0.900. The van der Waals surface area contributed by atoms with Crippen molar-refractivity contribution in [2.75, 3.05) is 52.4 Å². The predicted octanol–water partition coefficient (Wildman–Crippen LogP) is -1.76. The minimum Gasteiger partial charge on any atom is -0.336 e. The fourth-order valence-corrected chi connectivity index (χ4v) is 4.68. The first-order valence-electron chi connectivity index (χ1n) is 7.09. The van der Waals surface area contributed by atoms with Gasteiger partial charge < -0.3 is 15.5 Å². The molecule has 0 aromatic carbocycles. The second kappa shape index (κ2) is 5.47. The molecule has 1 unspecified atom stereocenters. The van der Waals surface area contributed by atoms with Crippen LogP contribution in [0.4, 0.5) is 4.79 Å². The lowest BCUT2D eigenvalue weighted by atomic mass is 10.2. The molecule has 0 bridgehead atoms. The fraction of sp³-hybridized carbons (Fsp3) is 0.909. The number of nitrogens with zero attached hydrogens (tertiary/aromatic N) is 3. The molecule has 2 N–H and O–H groups in total. The van der Waals surface area contributed by atoms with Gasteiger partial charge in [-0.05, 0) is 13.0 Å². The van der Waals surface area contributed by atoms with Gasteiger partial charge in [-0.15, -0.1) is 0 Å². The molecule has 20 heavy (non-hydrogen) atoms. The highest BCUT2D eigenvalue weighted by atomic mass is 32.2. The monoisotopic (exact) mass is 303 g/mol.